The number of carbonyl (C=O) groups excluding carboxylic acids is 2. The summed E-state index contributed by atoms with van der Waals surface area (Å²) in [4.78, 5) is 23.1. The summed E-state index contributed by atoms with van der Waals surface area (Å²) in [6, 6.07) is 0. The first-order chi connectivity index (χ1) is 17.8. The van der Waals surface area contributed by atoms with Gasteiger partial charge in [0.15, 0.2) is 6.61 Å². The lowest BCUT2D eigenvalue weighted by molar-refractivity contribution is -0.344. The number of ether oxygens (including phenoxy) is 2. The molecule has 0 aromatic carbocycles. The molecule has 0 spiro atoms. The molecule has 0 amide bonds. The average molecular weight is 571 g/mol. The first kappa shape index (κ1) is 36.4. The van der Waals surface area contributed by atoms with Gasteiger partial charge in [0.05, 0.1) is 6.61 Å². The van der Waals surface area contributed by atoms with Crippen LogP contribution < -0.4 is 0 Å². The van der Waals surface area contributed by atoms with Crippen LogP contribution in [0.25, 0.3) is 0 Å². The number of hydrogen-bond donors (Lipinski definition) is 0. The van der Waals surface area contributed by atoms with E-state index < -0.39 is 49.2 Å². The van der Waals surface area contributed by atoms with E-state index in [0.717, 1.165) is 25.7 Å². The number of esters is 2. The molecule has 0 saturated carbocycles. The van der Waals surface area contributed by atoms with Crippen LogP contribution in [0.4, 0.5) is 35.1 Å². The Bertz CT molecular complexity index is 645. The second kappa shape index (κ2) is 19.4. The minimum atomic E-state index is -6.43. The minimum Gasteiger partial charge on any atom is -0.466 e. The highest BCUT2D eigenvalue weighted by Gasteiger charge is 2.75. The number of carbonyl (C=O) groups is 2. The van der Waals surface area contributed by atoms with Crippen LogP contribution in [0.5, 0.6) is 0 Å². The molecule has 0 fully saturated rings. The number of unbranched alkanes of at least 4 members (excludes halogenated alkanes) is 13. The molecule has 0 N–H and O–H groups in total. The smallest absolute Gasteiger partial charge is 0.381 e. The average Bonchev–Trinajstić information content (AvgIpc) is 2.85. The zero-order valence-corrected chi connectivity index (χ0v) is 22.2. The van der Waals surface area contributed by atoms with Crippen molar-refractivity contribution in [2.75, 3.05) is 13.2 Å². The molecule has 0 aliphatic carbocycles. The van der Waals surface area contributed by atoms with E-state index in [0.29, 0.717) is 0 Å². The Hall–Kier alpha value is -1.62. The molecule has 0 unspecified atom stereocenters. The summed E-state index contributed by atoms with van der Waals surface area (Å²) in [6.45, 7) is -0.0236. The largest absolute Gasteiger partial charge is 0.466 e. The van der Waals surface area contributed by atoms with E-state index >= 15 is 0 Å². The van der Waals surface area contributed by atoms with Gasteiger partial charge in [-0.2, -0.15) is 26.3 Å². The van der Waals surface area contributed by atoms with Crippen LogP contribution in [0.1, 0.15) is 116 Å². The Morgan fingerprint density at radius 3 is 1.42 bits per heavy atom. The van der Waals surface area contributed by atoms with E-state index in [-0.39, 0.29) is 25.9 Å². The van der Waals surface area contributed by atoms with Crippen LogP contribution in [-0.2, 0) is 19.1 Å². The highest BCUT2D eigenvalue weighted by atomic mass is 19.4. The lowest BCUT2D eigenvalue weighted by Gasteiger charge is -2.31. The zero-order valence-electron chi connectivity index (χ0n) is 22.2. The van der Waals surface area contributed by atoms with Gasteiger partial charge in [0.1, 0.15) is 0 Å². The second-order valence-electron chi connectivity index (χ2n) is 9.53. The summed E-state index contributed by atoms with van der Waals surface area (Å²) < 4.78 is 111. The fraction of sp³-hybridized carbons (Fsp3) is 0.923. The summed E-state index contributed by atoms with van der Waals surface area (Å²) in [7, 11) is 0. The lowest BCUT2D eigenvalue weighted by atomic mass is 10.0. The van der Waals surface area contributed by atoms with E-state index in [4.69, 9.17) is 4.74 Å². The van der Waals surface area contributed by atoms with E-state index in [1.54, 1.807) is 0 Å². The summed E-state index contributed by atoms with van der Waals surface area (Å²) >= 11 is 0. The number of hydrogen-bond acceptors (Lipinski definition) is 4. The predicted molar refractivity (Wildman–Crippen MR) is 127 cm³/mol. The van der Waals surface area contributed by atoms with Crippen molar-refractivity contribution >= 4 is 11.9 Å². The molecule has 0 rings (SSSR count). The van der Waals surface area contributed by atoms with Crippen LogP contribution >= 0.6 is 0 Å². The third-order valence-corrected chi connectivity index (χ3v) is 6.09. The van der Waals surface area contributed by atoms with Crippen molar-refractivity contribution < 1.29 is 54.2 Å². The van der Waals surface area contributed by atoms with Crippen LogP contribution in [0.15, 0.2) is 0 Å². The molecule has 0 saturated heterocycles. The van der Waals surface area contributed by atoms with Crippen LogP contribution in [-0.4, -0.2) is 49.3 Å². The summed E-state index contributed by atoms with van der Waals surface area (Å²) in [6.07, 6.45) is 9.78. The van der Waals surface area contributed by atoms with Gasteiger partial charge in [-0.3, -0.25) is 9.59 Å². The SMILES string of the molecule is CCCCCCCCCCCCCCCOC(=O)CCCCC(=O)OCC(F)(F)C(F)(F)C(F)(F)C(F)F. The Balaban J connectivity index is 3.78. The Morgan fingerprint density at radius 1 is 0.605 bits per heavy atom. The number of rotatable bonds is 24. The monoisotopic (exact) mass is 570 g/mol. The first-order valence-electron chi connectivity index (χ1n) is 13.5. The molecule has 226 valence electrons. The van der Waals surface area contributed by atoms with Gasteiger partial charge < -0.3 is 9.47 Å². The number of alkyl halides is 8. The molecule has 0 aliphatic heterocycles. The second-order valence-corrected chi connectivity index (χ2v) is 9.53. The molecule has 0 heterocycles. The van der Waals surface area contributed by atoms with E-state index in [1.807, 2.05) is 0 Å². The minimum absolute atomic E-state index is 0.0398. The highest BCUT2D eigenvalue weighted by Crippen LogP contribution is 2.48. The normalized spacial score (nSPS) is 12.7. The molecule has 0 aliphatic rings. The highest BCUT2D eigenvalue weighted by molar-refractivity contribution is 5.70. The third kappa shape index (κ3) is 14.5. The van der Waals surface area contributed by atoms with Gasteiger partial charge in [-0.1, -0.05) is 84.0 Å². The molecule has 0 aromatic rings. The Labute approximate surface area is 220 Å². The maximum absolute atomic E-state index is 13.3. The van der Waals surface area contributed by atoms with Crippen molar-refractivity contribution in [3.05, 3.63) is 0 Å². The molecule has 0 radical (unpaired) electrons. The maximum atomic E-state index is 13.3. The molecule has 0 aromatic heterocycles. The fourth-order valence-electron chi connectivity index (χ4n) is 3.63. The quantitative estimate of drug-likeness (QED) is 0.0661. The van der Waals surface area contributed by atoms with Crippen molar-refractivity contribution in [1.29, 1.82) is 0 Å². The van der Waals surface area contributed by atoms with E-state index in [9.17, 15) is 44.7 Å². The number of halogens is 8. The van der Waals surface area contributed by atoms with Crippen molar-refractivity contribution in [2.24, 2.45) is 0 Å². The lowest BCUT2D eigenvalue weighted by Crippen LogP contribution is -2.59. The van der Waals surface area contributed by atoms with Crippen molar-refractivity contribution in [3.63, 3.8) is 0 Å². The molecular formula is C26H42F8O4. The van der Waals surface area contributed by atoms with Gasteiger partial charge in [0, 0.05) is 12.8 Å². The molecule has 4 nitrogen and oxygen atoms in total. The van der Waals surface area contributed by atoms with Crippen LogP contribution in [0.2, 0.25) is 0 Å². The predicted octanol–water partition coefficient (Wildman–Crippen LogP) is 8.90. The standard InChI is InChI=1S/C26H42F8O4/c1-2-3-4-5-6-7-8-9-10-11-12-13-16-19-37-21(35)17-14-15-18-22(36)38-20-24(29,30)26(33,34)25(31,32)23(27)28/h23H,2-20H2,1H3. The van der Waals surface area contributed by atoms with Crippen molar-refractivity contribution in [1.82, 2.24) is 0 Å². The summed E-state index contributed by atoms with van der Waals surface area (Å²) in [5.74, 6) is -20.4. The van der Waals surface area contributed by atoms with E-state index in [1.165, 1.54) is 57.8 Å². The summed E-state index contributed by atoms with van der Waals surface area (Å²) in [5.41, 5.74) is 0. The van der Waals surface area contributed by atoms with E-state index in [2.05, 4.69) is 11.7 Å². The topological polar surface area (TPSA) is 52.6 Å². The third-order valence-electron chi connectivity index (χ3n) is 6.09. The van der Waals surface area contributed by atoms with Gasteiger partial charge >= 0.3 is 36.1 Å². The van der Waals surface area contributed by atoms with Gasteiger partial charge in [-0.25, -0.2) is 8.78 Å². The molecule has 0 bridgehead atoms. The fourth-order valence-corrected chi connectivity index (χ4v) is 3.63. The van der Waals surface area contributed by atoms with Crippen LogP contribution in [0.3, 0.4) is 0 Å². The first-order valence-corrected chi connectivity index (χ1v) is 13.5. The maximum Gasteiger partial charge on any atom is 0.381 e. The Kier molecular flexibility index (Phi) is 18.6. The molecular weight excluding hydrogens is 528 g/mol. The van der Waals surface area contributed by atoms with Gasteiger partial charge in [-0.15, -0.1) is 0 Å². The molecule has 12 heteroatoms. The zero-order chi connectivity index (χ0) is 29.1. The molecule has 38 heavy (non-hydrogen) atoms. The van der Waals surface area contributed by atoms with Gasteiger partial charge in [-0.05, 0) is 19.3 Å². The Morgan fingerprint density at radius 2 is 1.00 bits per heavy atom. The molecule has 0 atom stereocenters. The van der Waals surface area contributed by atoms with Gasteiger partial charge in [0.2, 0.25) is 0 Å². The van der Waals surface area contributed by atoms with Gasteiger partial charge in [0.25, 0.3) is 0 Å². The summed E-state index contributed by atoms with van der Waals surface area (Å²) in [5, 5.41) is 0. The van der Waals surface area contributed by atoms with Crippen LogP contribution in [0, 0.1) is 0 Å². The van der Waals surface area contributed by atoms with Crippen molar-refractivity contribution in [3.8, 4) is 0 Å². The van der Waals surface area contributed by atoms with Crippen molar-refractivity contribution in [2.45, 2.75) is 140 Å².